The normalized spacial score (nSPS) is 20.2. The van der Waals surface area contributed by atoms with Gasteiger partial charge in [0.15, 0.2) is 0 Å². The molecule has 1 rings (SSSR count). The van der Waals surface area contributed by atoms with Gasteiger partial charge < -0.3 is 5.73 Å². The molecular formula is C11H23N. The molecule has 0 aromatic heterocycles. The smallest absolute Gasteiger partial charge is 0.0151 e. The number of nitrogens with two attached hydrogens (primary N) is 1. The second-order valence-corrected chi connectivity index (χ2v) is 4.42. The Morgan fingerprint density at radius 3 is 2.08 bits per heavy atom. The molecule has 0 spiro atoms. The van der Waals surface area contributed by atoms with Gasteiger partial charge in [0, 0.05) is 5.54 Å². The molecule has 1 aliphatic rings. The van der Waals surface area contributed by atoms with Crippen molar-refractivity contribution in [2.24, 2.45) is 11.7 Å². The van der Waals surface area contributed by atoms with Crippen LogP contribution in [0.1, 0.15) is 58.8 Å². The van der Waals surface area contributed by atoms with Gasteiger partial charge >= 0.3 is 0 Å². The quantitative estimate of drug-likeness (QED) is 0.687. The van der Waals surface area contributed by atoms with Crippen molar-refractivity contribution in [1.82, 2.24) is 0 Å². The van der Waals surface area contributed by atoms with E-state index < -0.39 is 0 Å². The second kappa shape index (κ2) is 4.27. The maximum atomic E-state index is 6.28. The largest absolute Gasteiger partial charge is 0.325 e. The molecule has 0 radical (unpaired) electrons. The van der Waals surface area contributed by atoms with Crippen molar-refractivity contribution in [2.45, 2.75) is 64.3 Å². The van der Waals surface area contributed by atoms with E-state index in [9.17, 15) is 0 Å². The first-order valence-electron chi connectivity index (χ1n) is 5.49. The van der Waals surface area contributed by atoms with E-state index in [0.717, 1.165) is 18.8 Å². The SMILES string of the molecule is CCC(N)(CC)CC1CCCC1. The minimum absolute atomic E-state index is 0.148. The fourth-order valence-corrected chi connectivity index (χ4v) is 2.33. The maximum absolute atomic E-state index is 6.28. The van der Waals surface area contributed by atoms with Gasteiger partial charge in [0.25, 0.3) is 0 Å². The van der Waals surface area contributed by atoms with Crippen LogP contribution in [0, 0.1) is 5.92 Å². The van der Waals surface area contributed by atoms with Crippen molar-refractivity contribution >= 4 is 0 Å². The highest BCUT2D eigenvalue weighted by molar-refractivity contribution is 4.85. The molecule has 0 aromatic rings. The third kappa shape index (κ3) is 2.48. The molecule has 1 nitrogen and oxygen atoms in total. The van der Waals surface area contributed by atoms with Crippen LogP contribution in [0.2, 0.25) is 0 Å². The maximum Gasteiger partial charge on any atom is 0.0151 e. The van der Waals surface area contributed by atoms with Gasteiger partial charge in [0.1, 0.15) is 0 Å². The lowest BCUT2D eigenvalue weighted by atomic mass is 9.83. The topological polar surface area (TPSA) is 26.0 Å². The van der Waals surface area contributed by atoms with Crippen LogP contribution in [0.4, 0.5) is 0 Å². The Bertz CT molecular complexity index is 121. The summed E-state index contributed by atoms with van der Waals surface area (Å²) in [4.78, 5) is 0. The fraction of sp³-hybridized carbons (Fsp3) is 1.00. The van der Waals surface area contributed by atoms with Crippen molar-refractivity contribution in [3.05, 3.63) is 0 Å². The van der Waals surface area contributed by atoms with Gasteiger partial charge in [-0.1, -0.05) is 39.5 Å². The summed E-state index contributed by atoms with van der Waals surface area (Å²) in [6, 6.07) is 0. The van der Waals surface area contributed by atoms with Gasteiger partial charge in [-0.3, -0.25) is 0 Å². The molecule has 1 aliphatic carbocycles. The lowest BCUT2D eigenvalue weighted by Crippen LogP contribution is -2.39. The Balaban J connectivity index is 2.35. The first-order valence-corrected chi connectivity index (χ1v) is 5.49. The average molecular weight is 169 g/mol. The average Bonchev–Trinajstić information content (AvgIpc) is 2.57. The van der Waals surface area contributed by atoms with Crippen molar-refractivity contribution in [3.63, 3.8) is 0 Å². The summed E-state index contributed by atoms with van der Waals surface area (Å²) < 4.78 is 0. The molecule has 1 saturated carbocycles. The zero-order valence-corrected chi connectivity index (χ0v) is 8.60. The van der Waals surface area contributed by atoms with E-state index in [4.69, 9.17) is 5.73 Å². The molecular weight excluding hydrogens is 146 g/mol. The molecule has 12 heavy (non-hydrogen) atoms. The van der Waals surface area contributed by atoms with E-state index in [2.05, 4.69) is 13.8 Å². The molecule has 72 valence electrons. The summed E-state index contributed by atoms with van der Waals surface area (Å²) in [6.45, 7) is 4.44. The summed E-state index contributed by atoms with van der Waals surface area (Å²) >= 11 is 0. The van der Waals surface area contributed by atoms with Gasteiger partial charge in [0.2, 0.25) is 0 Å². The van der Waals surface area contributed by atoms with Gasteiger partial charge in [-0.15, -0.1) is 0 Å². The van der Waals surface area contributed by atoms with E-state index in [1.165, 1.54) is 32.1 Å². The van der Waals surface area contributed by atoms with E-state index in [1.54, 1.807) is 0 Å². The van der Waals surface area contributed by atoms with Crippen LogP contribution < -0.4 is 5.73 Å². The molecule has 0 aliphatic heterocycles. The molecule has 1 fully saturated rings. The number of hydrogen-bond donors (Lipinski definition) is 1. The van der Waals surface area contributed by atoms with Crippen molar-refractivity contribution in [1.29, 1.82) is 0 Å². The van der Waals surface area contributed by atoms with Crippen molar-refractivity contribution in [3.8, 4) is 0 Å². The summed E-state index contributed by atoms with van der Waals surface area (Å²) in [6.07, 6.45) is 9.28. The summed E-state index contributed by atoms with van der Waals surface area (Å²) in [7, 11) is 0. The molecule has 2 N–H and O–H groups in total. The highest BCUT2D eigenvalue weighted by Crippen LogP contribution is 2.33. The van der Waals surface area contributed by atoms with Gasteiger partial charge in [-0.25, -0.2) is 0 Å². The van der Waals surface area contributed by atoms with E-state index >= 15 is 0 Å². The minimum Gasteiger partial charge on any atom is -0.325 e. The molecule has 1 heteroatoms. The van der Waals surface area contributed by atoms with E-state index in [1.807, 2.05) is 0 Å². The highest BCUT2D eigenvalue weighted by Gasteiger charge is 2.26. The van der Waals surface area contributed by atoms with E-state index in [0.29, 0.717) is 0 Å². The van der Waals surface area contributed by atoms with Crippen LogP contribution in [0.5, 0.6) is 0 Å². The van der Waals surface area contributed by atoms with Gasteiger partial charge in [-0.05, 0) is 25.2 Å². The molecule has 0 unspecified atom stereocenters. The monoisotopic (exact) mass is 169 g/mol. The van der Waals surface area contributed by atoms with Crippen LogP contribution in [0.3, 0.4) is 0 Å². The molecule has 0 atom stereocenters. The Labute approximate surface area is 76.7 Å². The lowest BCUT2D eigenvalue weighted by Gasteiger charge is -2.29. The van der Waals surface area contributed by atoms with Crippen LogP contribution in [-0.4, -0.2) is 5.54 Å². The standard InChI is InChI=1S/C11H23N/c1-3-11(12,4-2)9-10-7-5-6-8-10/h10H,3-9,12H2,1-2H3. The summed E-state index contributed by atoms with van der Waals surface area (Å²) in [5, 5.41) is 0. The molecule has 0 bridgehead atoms. The van der Waals surface area contributed by atoms with Gasteiger partial charge in [0.05, 0.1) is 0 Å². The zero-order valence-electron chi connectivity index (χ0n) is 8.60. The molecule has 0 heterocycles. The lowest BCUT2D eigenvalue weighted by molar-refractivity contribution is 0.299. The van der Waals surface area contributed by atoms with Crippen molar-refractivity contribution in [2.75, 3.05) is 0 Å². The number of rotatable bonds is 4. The predicted octanol–water partition coefficient (Wildman–Crippen LogP) is 3.08. The fourth-order valence-electron chi connectivity index (χ4n) is 2.33. The Hall–Kier alpha value is -0.0400. The molecule has 0 amide bonds. The minimum atomic E-state index is 0.148. The summed E-state index contributed by atoms with van der Waals surface area (Å²) in [5.74, 6) is 0.940. The van der Waals surface area contributed by atoms with E-state index in [-0.39, 0.29) is 5.54 Å². The van der Waals surface area contributed by atoms with Gasteiger partial charge in [-0.2, -0.15) is 0 Å². The third-order valence-electron chi connectivity index (χ3n) is 3.58. The third-order valence-corrected chi connectivity index (χ3v) is 3.58. The first-order chi connectivity index (χ1) is 5.70. The van der Waals surface area contributed by atoms with Crippen LogP contribution in [0.25, 0.3) is 0 Å². The Kier molecular flexibility index (Phi) is 3.57. The molecule has 0 aromatic carbocycles. The molecule has 0 saturated heterocycles. The highest BCUT2D eigenvalue weighted by atomic mass is 14.7. The van der Waals surface area contributed by atoms with Crippen LogP contribution in [-0.2, 0) is 0 Å². The summed E-state index contributed by atoms with van der Waals surface area (Å²) in [5.41, 5.74) is 6.42. The first kappa shape index (κ1) is 10.0. The predicted molar refractivity (Wildman–Crippen MR) is 54.1 cm³/mol. The van der Waals surface area contributed by atoms with Crippen molar-refractivity contribution < 1.29 is 0 Å². The number of hydrogen-bond acceptors (Lipinski definition) is 1. The van der Waals surface area contributed by atoms with Crippen LogP contribution in [0.15, 0.2) is 0 Å². The van der Waals surface area contributed by atoms with Crippen LogP contribution >= 0.6 is 0 Å². The zero-order chi connectivity index (χ0) is 9.03. The Morgan fingerprint density at radius 2 is 1.67 bits per heavy atom. The Morgan fingerprint density at radius 1 is 1.17 bits per heavy atom. The second-order valence-electron chi connectivity index (χ2n) is 4.42.